The number of aryl methyl sites for hydroxylation is 1. The van der Waals surface area contributed by atoms with Gasteiger partial charge in [0.15, 0.2) is 6.61 Å². The van der Waals surface area contributed by atoms with Gasteiger partial charge in [0.05, 0.1) is 11.1 Å². The Labute approximate surface area is 154 Å². The van der Waals surface area contributed by atoms with Crippen LogP contribution in [0.4, 0.5) is 5.69 Å². The van der Waals surface area contributed by atoms with Crippen LogP contribution in [0.2, 0.25) is 5.02 Å². The number of nitrogens with zero attached hydrogens (tertiary/aromatic N) is 2. The summed E-state index contributed by atoms with van der Waals surface area (Å²) in [5.74, 6) is 0.294. The molecule has 0 saturated heterocycles. The molecule has 0 unspecified atom stereocenters. The highest BCUT2D eigenvalue weighted by atomic mass is 35.5. The normalized spacial score (nSPS) is 10.3. The maximum atomic E-state index is 11.7. The van der Waals surface area contributed by atoms with Gasteiger partial charge in [-0.2, -0.15) is 0 Å². The number of amides is 1. The van der Waals surface area contributed by atoms with Crippen molar-refractivity contribution < 1.29 is 14.5 Å². The molecule has 0 atom stereocenters. The second-order valence-electron chi connectivity index (χ2n) is 5.48. The van der Waals surface area contributed by atoms with E-state index in [4.69, 9.17) is 16.3 Å². The number of pyridine rings is 1. The van der Waals surface area contributed by atoms with Crippen molar-refractivity contribution in [3.63, 3.8) is 0 Å². The highest BCUT2D eigenvalue weighted by Gasteiger charge is 2.07. The van der Waals surface area contributed by atoms with Crippen LogP contribution in [0.25, 0.3) is 0 Å². The van der Waals surface area contributed by atoms with E-state index in [1.807, 2.05) is 0 Å². The van der Waals surface area contributed by atoms with Crippen LogP contribution >= 0.6 is 11.6 Å². The fourth-order valence-electron chi connectivity index (χ4n) is 2.17. The highest BCUT2D eigenvalue weighted by Crippen LogP contribution is 2.15. The monoisotopic (exact) mass is 379 g/mol. The fraction of sp³-hybridized carbons (Fsp3) is 0.294. The third-order valence-corrected chi connectivity index (χ3v) is 3.76. The second-order valence-corrected chi connectivity index (χ2v) is 5.91. The molecule has 2 rings (SSSR count). The summed E-state index contributed by atoms with van der Waals surface area (Å²) < 4.78 is 6.62. The van der Waals surface area contributed by atoms with Crippen molar-refractivity contribution in [2.24, 2.45) is 0 Å². The Bertz CT molecular complexity index is 820. The van der Waals surface area contributed by atoms with Crippen LogP contribution in [-0.2, 0) is 11.3 Å². The lowest BCUT2D eigenvalue weighted by Crippen LogP contribution is -2.30. The Morgan fingerprint density at radius 1 is 1.19 bits per heavy atom. The summed E-state index contributed by atoms with van der Waals surface area (Å²) in [5, 5.41) is 14.0. The zero-order valence-corrected chi connectivity index (χ0v) is 14.6. The van der Waals surface area contributed by atoms with E-state index in [9.17, 15) is 19.7 Å². The highest BCUT2D eigenvalue weighted by molar-refractivity contribution is 6.30. The molecule has 0 radical (unpaired) electrons. The minimum atomic E-state index is -0.545. The van der Waals surface area contributed by atoms with Gasteiger partial charge < -0.3 is 14.6 Å². The number of ether oxygens (including phenoxy) is 1. The van der Waals surface area contributed by atoms with Gasteiger partial charge in [0, 0.05) is 30.2 Å². The molecule has 1 amide bonds. The number of nitrogens with one attached hydrogen (secondary N) is 1. The van der Waals surface area contributed by atoms with Crippen LogP contribution in [0.15, 0.2) is 47.4 Å². The lowest BCUT2D eigenvalue weighted by Gasteiger charge is -2.08. The molecule has 0 aliphatic carbocycles. The average molecular weight is 380 g/mol. The van der Waals surface area contributed by atoms with E-state index in [0.717, 1.165) is 0 Å². The van der Waals surface area contributed by atoms with E-state index < -0.39 is 4.92 Å². The minimum absolute atomic E-state index is 0.105. The predicted octanol–water partition coefficient (Wildman–Crippen LogP) is 2.39. The summed E-state index contributed by atoms with van der Waals surface area (Å²) in [6.45, 7) is 0.663. The second kappa shape index (κ2) is 9.57. The van der Waals surface area contributed by atoms with Crippen LogP contribution in [0.3, 0.4) is 0 Å². The van der Waals surface area contributed by atoms with E-state index in [0.29, 0.717) is 36.7 Å². The van der Waals surface area contributed by atoms with Crippen molar-refractivity contribution in [1.29, 1.82) is 0 Å². The molecular weight excluding hydrogens is 362 g/mol. The van der Waals surface area contributed by atoms with Crippen molar-refractivity contribution >= 4 is 23.2 Å². The van der Waals surface area contributed by atoms with Crippen molar-refractivity contribution in [2.75, 3.05) is 13.2 Å². The van der Waals surface area contributed by atoms with Crippen LogP contribution < -0.4 is 15.6 Å². The van der Waals surface area contributed by atoms with Gasteiger partial charge in [0.2, 0.25) is 0 Å². The van der Waals surface area contributed by atoms with Crippen LogP contribution in [0.5, 0.6) is 5.75 Å². The molecule has 8 nitrogen and oxygen atoms in total. The average Bonchev–Trinajstić information content (AvgIpc) is 2.62. The maximum absolute atomic E-state index is 11.7. The van der Waals surface area contributed by atoms with Crippen molar-refractivity contribution in [2.45, 2.75) is 19.4 Å². The van der Waals surface area contributed by atoms with Crippen molar-refractivity contribution in [3.8, 4) is 5.75 Å². The maximum Gasteiger partial charge on any atom is 0.285 e. The van der Waals surface area contributed by atoms with Crippen LogP contribution in [0.1, 0.15) is 12.8 Å². The molecule has 26 heavy (non-hydrogen) atoms. The van der Waals surface area contributed by atoms with Crippen LogP contribution in [-0.4, -0.2) is 28.5 Å². The number of nitro groups is 1. The third kappa shape index (κ3) is 6.21. The summed E-state index contributed by atoms with van der Waals surface area (Å²) in [5.41, 5.74) is -0.423. The molecule has 138 valence electrons. The van der Waals surface area contributed by atoms with Gasteiger partial charge >= 0.3 is 0 Å². The summed E-state index contributed by atoms with van der Waals surface area (Å²) in [6.07, 6.45) is 2.45. The van der Waals surface area contributed by atoms with Gasteiger partial charge in [-0.05, 0) is 37.1 Å². The predicted molar refractivity (Wildman–Crippen MR) is 96.5 cm³/mol. The lowest BCUT2D eigenvalue weighted by molar-refractivity contribution is -0.385. The molecule has 0 aliphatic heterocycles. The molecule has 0 fully saturated rings. The Balaban J connectivity index is 1.66. The first-order valence-electron chi connectivity index (χ1n) is 7.95. The summed E-state index contributed by atoms with van der Waals surface area (Å²) in [7, 11) is 0. The minimum Gasteiger partial charge on any atom is -0.484 e. The number of halogens is 1. The first kappa shape index (κ1) is 19.5. The molecule has 0 saturated carbocycles. The van der Waals surface area contributed by atoms with Gasteiger partial charge in [-0.1, -0.05) is 11.6 Å². The largest absolute Gasteiger partial charge is 0.484 e. The third-order valence-electron chi connectivity index (χ3n) is 3.51. The summed E-state index contributed by atoms with van der Waals surface area (Å²) in [6, 6.07) is 9.04. The molecule has 0 spiro atoms. The number of hydrogen-bond donors (Lipinski definition) is 1. The van der Waals surface area contributed by atoms with Gasteiger partial charge in [-0.3, -0.25) is 19.7 Å². The van der Waals surface area contributed by atoms with Gasteiger partial charge in [-0.15, -0.1) is 0 Å². The number of carbonyl (C=O) groups excluding carboxylic acids is 1. The van der Waals surface area contributed by atoms with Crippen molar-refractivity contribution in [3.05, 3.63) is 68.1 Å². The van der Waals surface area contributed by atoms with Crippen LogP contribution in [0, 0.1) is 10.1 Å². The molecule has 9 heteroatoms. The zero-order chi connectivity index (χ0) is 18.9. The quantitative estimate of drug-likeness (QED) is 0.409. The first-order chi connectivity index (χ1) is 12.5. The van der Waals surface area contributed by atoms with Gasteiger partial charge in [-0.25, -0.2) is 0 Å². The Morgan fingerprint density at radius 3 is 2.62 bits per heavy atom. The fourth-order valence-corrected chi connectivity index (χ4v) is 2.29. The molecule has 2 aromatic rings. The number of unbranched alkanes of at least 4 members (excludes halogenated alkanes) is 1. The SMILES string of the molecule is O=C(COc1ccc(Cl)cc1)NCCCCn1cc([N+](=O)[O-])ccc1=O. The zero-order valence-electron chi connectivity index (χ0n) is 13.9. The Morgan fingerprint density at radius 2 is 1.92 bits per heavy atom. The number of rotatable bonds is 9. The smallest absolute Gasteiger partial charge is 0.285 e. The van der Waals surface area contributed by atoms with Gasteiger partial charge in [0.1, 0.15) is 5.75 Å². The molecule has 0 aliphatic rings. The molecule has 1 N–H and O–H groups in total. The van der Waals surface area contributed by atoms with E-state index in [1.165, 1.54) is 22.9 Å². The number of hydrogen-bond acceptors (Lipinski definition) is 5. The Hall–Kier alpha value is -2.87. The summed E-state index contributed by atoms with van der Waals surface area (Å²) in [4.78, 5) is 33.5. The molecule has 0 bridgehead atoms. The lowest BCUT2D eigenvalue weighted by atomic mass is 10.3. The van der Waals surface area contributed by atoms with E-state index in [2.05, 4.69) is 5.32 Å². The molecule has 1 aromatic heterocycles. The molecule has 1 aromatic carbocycles. The Kier molecular flexibility index (Phi) is 7.16. The van der Waals surface area contributed by atoms with Crippen molar-refractivity contribution in [1.82, 2.24) is 9.88 Å². The summed E-state index contributed by atoms with van der Waals surface area (Å²) >= 11 is 5.76. The molecule has 1 heterocycles. The number of benzene rings is 1. The number of carbonyl (C=O) groups is 1. The van der Waals surface area contributed by atoms with E-state index in [-0.39, 0.29) is 23.8 Å². The first-order valence-corrected chi connectivity index (χ1v) is 8.33. The standard InChI is InChI=1S/C17H18ClN3O5/c18-13-3-6-15(7-4-13)26-12-16(22)19-9-1-2-10-20-11-14(21(24)25)5-8-17(20)23/h3-8,11H,1-2,9-10,12H2,(H,19,22). The van der Waals surface area contributed by atoms with E-state index >= 15 is 0 Å². The van der Waals surface area contributed by atoms with E-state index in [1.54, 1.807) is 24.3 Å². The molecular formula is C17H18ClN3O5. The topological polar surface area (TPSA) is 103 Å². The number of aromatic nitrogens is 1. The van der Waals surface area contributed by atoms with Gasteiger partial charge in [0.25, 0.3) is 17.2 Å².